The molecule has 10 saturated carbocycles. The Morgan fingerprint density at radius 1 is 0.239 bits per heavy atom. The number of carbonyl (C=O) groups is 5. The zero-order valence-electron chi connectivity index (χ0n) is 73.8. The number of rotatable bonds is 24. The van der Waals surface area contributed by atoms with E-state index in [4.69, 9.17) is 0 Å². The van der Waals surface area contributed by atoms with E-state index in [-0.39, 0.29) is 226 Å². The van der Waals surface area contributed by atoms with Crippen LogP contribution in [-0.2, 0) is 109 Å². The van der Waals surface area contributed by atoms with Gasteiger partial charge < -0.3 is 74.3 Å². The van der Waals surface area contributed by atoms with Crippen LogP contribution in [0, 0.1) is 133 Å². The molecule has 0 atom stereocenters. The number of Topliss-reactive ketones (excluding diaryl/α,β-unsaturated/α-hetero) is 5. The van der Waals surface area contributed by atoms with Crippen LogP contribution in [0.25, 0.3) is 0 Å². The fraction of sp³-hybridized carbons (Fsp3) is 0.848. The molecular formula is C99H208Fe5O5. The molecule has 0 aromatic rings. The van der Waals surface area contributed by atoms with Crippen molar-refractivity contribution in [1.82, 2.24) is 0 Å². The van der Waals surface area contributed by atoms with Gasteiger partial charge in [-0.25, -0.2) is 0 Å². The number of carbonyl (C=O) groups excluding carboxylic acids is 5. The van der Waals surface area contributed by atoms with Crippen LogP contribution in [0.5, 0.6) is 0 Å². The monoisotopic (exact) mass is 1760 g/mol. The van der Waals surface area contributed by atoms with Crippen molar-refractivity contribution in [2.45, 2.75) is 485 Å². The van der Waals surface area contributed by atoms with Crippen LogP contribution in [0.1, 0.15) is 485 Å². The molecule has 0 saturated heterocycles. The average Bonchev–Trinajstić information content (AvgIpc) is 1.80. The van der Waals surface area contributed by atoms with Gasteiger partial charge in [0.05, 0.1) is 0 Å². The van der Waals surface area contributed by atoms with Crippen molar-refractivity contribution >= 4 is 28.9 Å². The first-order chi connectivity index (χ1) is 43.0. The maximum atomic E-state index is 11.7. The van der Waals surface area contributed by atoms with Gasteiger partial charge in [0.1, 0.15) is 28.9 Å². The summed E-state index contributed by atoms with van der Waals surface area (Å²) >= 11 is 0. The Morgan fingerprint density at radius 2 is 0.468 bits per heavy atom. The van der Waals surface area contributed by atoms with Gasteiger partial charge >= 0.3 is 85.3 Å². The molecule has 10 heteroatoms. The van der Waals surface area contributed by atoms with Crippen molar-refractivity contribution in [2.24, 2.45) is 59.2 Å². The van der Waals surface area contributed by atoms with Crippen molar-refractivity contribution in [3.8, 4) is 0 Å². The van der Waals surface area contributed by atoms with Gasteiger partial charge in [0, 0.05) is 61.2 Å². The van der Waals surface area contributed by atoms with E-state index in [1.54, 1.807) is 0 Å². The summed E-state index contributed by atoms with van der Waals surface area (Å²) in [6.07, 6.45) is 79.6. The predicted octanol–water partition coefficient (Wildman–Crippen LogP) is 34.9. The number of ketones is 5. The van der Waals surface area contributed by atoms with Gasteiger partial charge in [-0.05, 0) is 68.6 Å². The minimum Gasteiger partial charge on any atom is -0.358 e. The molecule has 0 aromatic heterocycles. The third-order valence-corrected chi connectivity index (χ3v) is 21.4. The molecule has 0 heterocycles. The minimum atomic E-state index is 0. The van der Waals surface area contributed by atoms with Crippen LogP contribution in [0.15, 0.2) is 0 Å². The summed E-state index contributed by atoms with van der Waals surface area (Å²) in [6, 6.07) is 0. The van der Waals surface area contributed by atoms with E-state index in [1.807, 2.05) is 41.5 Å². The van der Waals surface area contributed by atoms with Gasteiger partial charge in [-0.15, -0.1) is 0 Å². The zero-order chi connectivity index (χ0) is 65.4. The van der Waals surface area contributed by atoms with Gasteiger partial charge in [0.25, 0.3) is 0 Å². The summed E-state index contributed by atoms with van der Waals surface area (Å²) < 4.78 is 0. The first kappa shape index (κ1) is 161. The van der Waals surface area contributed by atoms with Gasteiger partial charge in [-0.1, -0.05) is 415 Å². The van der Waals surface area contributed by atoms with Crippen molar-refractivity contribution in [2.75, 3.05) is 0 Å². The topological polar surface area (TPSA) is 85.3 Å². The van der Waals surface area contributed by atoms with E-state index in [2.05, 4.69) is 27.7 Å². The second-order valence-electron chi connectivity index (χ2n) is 31.9. The Labute approximate surface area is 750 Å². The zero-order valence-corrected chi connectivity index (χ0v) is 79.3. The van der Waals surface area contributed by atoms with Crippen molar-refractivity contribution in [3.05, 3.63) is 74.3 Å². The molecule has 0 spiro atoms. The molecule has 10 aliphatic rings. The largest absolute Gasteiger partial charge is 2.00 e. The molecule has 5 nitrogen and oxygen atoms in total. The molecule has 0 aromatic carbocycles. The standard InChI is InChI=1S/C14H26O.C14H28.C12H20O2.C10H18O.C9H16O.5C5H10.5CH4.10CH3.5Fe/c1-12(2)8-4-3-5-11-14(15)13-9-6-7-10-13;1-13(2)9-5-3-4-6-10-14-11-7-8-12-14;1-9(2)11(13)7-8-12(14)10-5-3-4-6-10;1-8(2)10(11)7-9-5-3-4-6-9;1-7(2)9(10)8-5-3-4-6-8;5*1-2-4-5-3-1;;;;;;;;;;;;;;;;;;;;/h12-13H,3-11H2,1-2H3;13-14H,3-12H2,1-2H3;9-10H,3-8H2,1-2H3;8-9H,3-7H2,1-2H3;7-8H,3-6H2,1-2H3;5*1-5H2;5*1H4;10*1H3;;;;;/q;;;;;;;;;;;;;;;10*-1;5*+2. The summed E-state index contributed by atoms with van der Waals surface area (Å²) in [5, 5.41) is 0. The smallest absolute Gasteiger partial charge is 0.358 e. The molecule has 0 bridgehead atoms. The number of unbranched alkanes of at least 4 members (excludes halogenated alkanes) is 5. The molecule has 0 amide bonds. The molecule has 0 aliphatic heterocycles. The summed E-state index contributed by atoms with van der Waals surface area (Å²) in [5.74, 6) is 7.29. The SMILES string of the molecule is C.C.C.C.C.C1CCCC1.C1CCCC1.C1CCCC1.C1CCCC1.C1CCCC1.CC(C)C(=O)C1CCCC1.CC(C)C(=O)CC1CCCC1.CC(C)C(=O)CCC(=O)C1CCCC1.CC(C)CCCCCC(=O)C1CCCC1.CC(C)CCCCCCC1CCCC1.[CH3-].[CH3-].[CH3-].[CH3-].[CH3-].[CH3-].[CH3-].[CH3-].[CH3-].[CH3-].[Fe+2].[Fe+2].[Fe+2].[Fe+2].[Fe+2]. The summed E-state index contributed by atoms with van der Waals surface area (Å²) in [4.78, 5) is 57.3. The van der Waals surface area contributed by atoms with Crippen molar-refractivity contribution in [3.63, 3.8) is 0 Å². The van der Waals surface area contributed by atoms with Crippen LogP contribution in [0.2, 0.25) is 0 Å². The second-order valence-corrected chi connectivity index (χ2v) is 31.9. The van der Waals surface area contributed by atoms with E-state index < -0.39 is 0 Å². The summed E-state index contributed by atoms with van der Waals surface area (Å²) in [6.45, 7) is 21.0. The second kappa shape index (κ2) is 115. The molecule has 109 heavy (non-hydrogen) atoms. The van der Waals surface area contributed by atoms with Crippen LogP contribution >= 0.6 is 0 Å². The first-order valence-corrected chi connectivity index (χ1v) is 40.7. The first-order valence-electron chi connectivity index (χ1n) is 40.7. The van der Waals surface area contributed by atoms with E-state index in [1.165, 1.54) is 321 Å². The molecule has 0 N–H and O–H groups in total. The molecule has 10 aliphatic carbocycles. The molecule has 10 fully saturated rings. The van der Waals surface area contributed by atoms with Gasteiger partial charge in [0.2, 0.25) is 0 Å². The van der Waals surface area contributed by atoms with Gasteiger partial charge in [-0.3, -0.25) is 24.0 Å². The van der Waals surface area contributed by atoms with E-state index in [0.29, 0.717) is 47.8 Å². The molecule has 10 rings (SSSR count). The summed E-state index contributed by atoms with van der Waals surface area (Å²) in [5.41, 5.74) is 0. The van der Waals surface area contributed by atoms with Gasteiger partial charge in [-0.2, -0.15) is 0 Å². The maximum Gasteiger partial charge on any atom is 2.00 e. The van der Waals surface area contributed by atoms with E-state index >= 15 is 0 Å². The fourth-order valence-electron chi connectivity index (χ4n) is 14.9. The van der Waals surface area contributed by atoms with Crippen LogP contribution < -0.4 is 0 Å². The molecule has 0 unspecified atom stereocenters. The van der Waals surface area contributed by atoms with Gasteiger partial charge in [0.15, 0.2) is 0 Å². The Morgan fingerprint density at radius 3 is 0.725 bits per heavy atom. The molecule has 674 valence electrons. The fourth-order valence-corrected chi connectivity index (χ4v) is 14.9. The van der Waals surface area contributed by atoms with Crippen LogP contribution in [0.3, 0.4) is 0 Å². The number of hydrogen-bond donors (Lipinski definition) is 0. The van der Waals surface area contributed by atoms with Crippen LogP contribution in [0.4, 0.5) is 0 Å². The Hall–Kier alpha value is 0.947. The Bertz CT molecular complexity index is 1520. The predicted molar refractivity (Wildman–Crippen MR) is 487 cm³/mol. The van der Waals surface area contributed by atoms with Crippen molar-refractivity contribution in [1.29, 1.82) is 0 Å². The Balaban J connectivity index is -0.0000000449. The minimum absolute atomic E-state index is 0. The normalized spacial score (nSPS) is 16.4. The quantitative estimate of drug-likeness (QED) is 0.0546. The van der Waals surface area contributed by atoms with E-state index in [9.17, 15) is 24.0 Å². The molecular weight excluding hydrogens is 1550 g/mol. The van der Waals surface area contributed by atoms with E-state index in [0.717, 1.165) is 68.6 Å². The molecule has 0 radical (unpaired) electrons. The Kier molecular flexibility index (Phi) is 171. The van der Waals surface area contributed by atoms with Crippen LogP contribution in [-0.4, -0.2) is 28.9 Å². The maximum absolute atomic E-state index is 11.7. The third-order valence-electron chi connectivity index (χ3n) is 21.4. The third kappa shape index (κ3) is 101. The summed E-state index contributed by atoms with van der Waals surface area (Å²) in [7, 11) is 0. The number of hydrogen-bond acceptors (Lipinski definition) is 5. The van der Waals surface area contributed by atoms with Crippen molar-refractivity contribution < 1.29 is 109 Å². The average molecular weight is 1760 g/mol.